The molecular weight excluding hydrogens is 455 g/mol. The zero-order valence-electron chi connectivity index (χ0n) is 18.3. The molecule has 0 saturated carbocycles. The summed E-state index contributed by atoms with van der Waals surface area (Å²) in [6.45, 7) is 2.81. The van der Waals surface area contributed by atoms with Crippen LogP contribution in [0.25, 0.3) is 0 Å². The third kappa shape index (κ3) is 6.02. The molecule has 6 heteroatoms. The molecule has 0 N–H and O–H groups in total. The second-order valence-corrected chi connectivity index (χ2v) is 9.08. The number of Topliss-reactive ketones (excluding diaryl/α,β-unsaturated/α-hetero) is 1. The van der Waals surface area contributed by atoms with Crippen molar-refractivity contribution in [3.63, 3.8) is 0 Å². The van der Waals surface area contributed by atoms with E-state index in [9.17, 15) is 9.59 Å². The van der Waals surface area contributed by atoms with Crippen molar-refractivity contribution in [3.8, 4) is 0 Å². The van der Waals surface area contributed by atoms with E-state index in [0.717, 1.165) is 13.1 Å². The number of rotatable bonds is 7. The molecule has 0 bridgehead atoms. The summed E-state index contributed by atoms with van der Waals surface area (Å²) in [5.41, 5.74) is 2.98. The monoisotopic (exact) mass is 480 g/mol. The summed E-state index contributed by atoms with van der Waals surface area (Å²) in [7, 11) is 0. The molecule has 170 valence electrons. The maximum Gasteiger partial charge on any atom is 0.223 e. The molecule has 1 unspecified atom stereocenters. The molecule has 4 nitrogen and oxygen atoms in total. The van der Waals surface area contributed by atoms with Gasteiger partial charge in [-0.05, 0) is 47.5 Å². The highest BCUT2D eigenvalue weighted by molar-refractivity contribution is 6.30. The minimum atomic E-state index is -0.0365. The number of ketones is 1. The average molecular weight is 481 g/mol. The zero-order chi connectivity index (χ0) is 23.2. The van der Waals surface area contributed by atoms with Crippen molar-refractivity contribution in [1.29, 1.82) is 0 Å². The molecule has 4 rings (SSSR count). The van der Waals surface area contributed by atoms with Gasteiger partial charge in [0, 0.05) is 54.6 Å². The van der Waals surface area contributed by atoms with Gasteiger partial charge in [-0.2, -0.15) is 0 Å². The summed E-state index contributed by atoms with van der Waals surface area (Å²) in [6, 6.07) is 25.3. The number of piperazine rings is 1. The van der Waals surface area contributed by atoms with E-state index in [1.165, 1.54) is 11.1 Å². The van der Waals surface area contributed by atoms with Crippen LogP contribution in [0.4, 0.5) is 0 Å². The molecule has 1 amide bonds. The van der Waals surface area contributed by atoms with Gasteiger partial charge in [-0.25, -0.2) is 0 Å². The van der Waals surface area contributed by atoms with Gasteiger partial charge in [-0.3, -0.25) is 14.5 Å². The lowest BCUT2D eigenvalue weighted by Gasteiger charge is -2.40. The van der Waals surface area contributed by atoms with Crippen molar-refractivity contribution >= 4 is 34.9 Å². The van der Waals surface area contributed by atoms with Gasteiger partial charge in [0.05, 0.1) is 6.04 Å². The van der Waals surface area contributed by atoms with E-state index >= 15 is 0 Å². The van der Waals surface area contributed by atoms with Crippen molar-refractivity contribution in [1.82, 2.24) is 9.80 Å². The number of amides is 1. The van der Waals surface area contributed by atoms with Crippen molar-refractivity contribution in [3.05, 3.63) is 106 Å². The number of nitrogens with zero attached hydrogens (tertiary/aromatic N) is 2. The first-order valence-corrected chi connectivity index (χ1v) is 11.9. The normalized spacial score (nSPS) is 15.3. The van der Waals surface area contributed by atoms with E-state index in [1.54, 1.807) is 24.3 Å². The predicted octanol–water partition coefficient (Wildman–Crippen LogP) is 5.89. The Balaban J connectivity index is 1.37. The van der Waals surface area contributed by atoms with E-state index in [4.69, 9.17) is 23.2 Å². The minimum absolute atomic E-state index is 0.0275. The molecule has 0 spiro atoms. The van der Waals surface area contributed by atoms with Crippen LogP contribution in [0.2, 0.25) is 10.0 Å². The molecule has 33 heavy (non-hydrogen) atoms. The Kier molecular flexibility index (Phi) is 7.81. The Bertz CT molecular complexity index is 1080. The maximum absolute atomic E-state index is 12.8. The summed E-state index contributed by atoms with van der Waals surface area (Å²) >= 11 is 12.0. The van der Waals surface area contributed by atoms with E-state index < -0.39 is 0 Å². The summed E-state index contributed by atoms with van der Waals surface area (Å²) in [5.74, 6) is -0.00903. The highest BCUT2D eigenvalue weighted by atomic mass is 35.5. The lowest BCUT2D eigenvalue weighted by Crippen LogP contribution is -2.49. The number of hydrogen-bond donors (Lipinski definition) is 0. The van der Waals surface area contributed by atoms with Gasteiger partial charge >= 0.3 is 0 Å². The maximum atomic E-state index is 12.8. The molecule has 1 aliphatic rings. The molecule has 3 aromatic rings. The number of carbonyl (C=O) groups is 2. The largest absolute Gasteiger partial charge is 0.340 e. The Morgan fingerprint density at radius 1 is 0.697 bits per heavy atom. The van der Waals surface area contributed by atoms with Gasteiger partial charge in [0.2, 0.25) is 5.91 Å². The van der Waals surface area contributed by atoms with Crippen molar-refractivity contribution in [2.45, 2.75) is 18.9 Å². The van der Waals surface area contributed by atoms with Gasteiger partial charge in [-0.1, -0.05) is 65.7 Å². The SMILES string of the molecule is O=C(CCC(=O)N1CCN(C(c2ccccc2)c2ccc(Cl)cc2)CC1)c1ccc(Cl)cc1. The molecule has 0 aromatic heterocycles. The summed E-state index contributed by atoms with van der Waals surface area (Å²) in [5, 5.41) is 1.31. The topological polar surface area (TPSA) is 40.6 Å². The molecule has 0 radical (unpaired) electrons. The molecular formula is C27H26Cl2N2O2. The smallest absolute Gasteiger partial charge is 0.223 e. The lowest BCUT2D eigenvalue weighted by atomic mass is 9.96. The van der Waals surface area contributed by atoms with E-state index in [1.807, 2.05) is 23.1 Å². The fraction of sp³-hybridized carbons (Fsp3) is 0.259. The third-order valence-corrected chi connectivity index (χ3v) is 6.57. The second kappa shape index (κ2) is 11.0. The fourth-order valence-electron chi connectivity index (χ4n) is 4.28. The van der Waals surface area contributed by atoms with Crippen LogP contribution >= 0.6 is 23.2 Å². The highest BCUT2D eigenvalue weighted by Gasteiger charge is 2.28. The van der Waals surface area contributed by atoms with E-state index in [2.05, 4.69) is 41.3 Å². The fourth-order valence-corrected chi connectivity index (χ4v) is 4.53. The van der Waals surface area contributed by atoms with Gasteiger partial charge in [-0.15, -0.1) is 0 Å². The Morgan fingerprint density at radius 2 is 1.24 bits per heavy atom. The van der Waals surface area contributed by atoms with Crippen LogP contribution in [0, 0.1) is 0 Å². The Morgan fingerprint density at radius 3 is 1.85 bits per heavy atom. The van der Waals surface area contributed by atoms with Crippen LogP contribution in [0.5, 0.6) is 0 Å². The molecule has 0 aliphatic carbocycles. The van der Waals surface area contributed by atoms with Gasteiger partial charge in [0.1, 0.15) is 0 Å². The second-order valence-electron chi connectivity index (χ2n) is 8.21. The highest BCUT2D eigenvalue weighted by Crippen LogP contribution is 2.30. The number of hydrogen-bond acceptors (Lipinski definition) is 3. The first-order valence-electron chi connectivity index (χ1n) is 11.1. The van der Waals surface area contributed by atoms with Crippen LogP contribution in [0.15, 0.2) is 78.9 Å². The summed E-state index contributed by atoms with van der Waals surface area (Å²) in [6.07, 6.45) is 0.429. The van der Waals surface area contributed by atoms with Crippen LogP contribution in [0.1, 0.15) is 40.4 Å². The van der Waals surface area contributed by atoms with Crippen molar-refractivity contribution in [2.75, 3.05) is 26.2 Å². The quantitative estimate of drug-likeness (QED) is 0.395. The number of benzene rings is 3. The van der Waals surface area contributed by atoms with Crippen LogP contribution in [0.3, 0.4) is 0 Å². The van der Waals surface area contributed by atoms with Gasteiger partial charge in [0.15, 0.2) is 5.78 Å². The molecule has 1 saturated heterocycles. The molecule has 1 fully saturated rings. The third-order valence-electron chi connectivity index (χ3n) is 6.07. The summed E-state index contributed by atoms with van der Waals surface area (Å²) in [4.78, 5) is 29.4. The average Bonchev–Trinajstić information content (AvgIpc) is 2.85. The number of carbonyl (C=O) groups excluding carboxylic acids is 2. The minimum Gasteiger partial charge on any atom is -0.340 e. The van der Waals surface area contributed by atoms with Crippen molar-refractivity contribution in [2.24, 2.45) is 0 Å². The first kappa shape index (κ1) is 23.5. The van der Waals surface area contributed by atoms with E-state index in [0.29, 0.717) is 28.7 Å². The standard InChI is InChI=1S/C27H26Cl2N2O2/c28-23-10-6-20(7-11-23)25(32)14-15-26(33)30-16-18-31(19-17-30)27(21-4-2-1-3-5-21)22-8-12-24(29)13-9-22/h1-13,27H,14-19H2. The lowest BCUT2D eigenvalue weighted by molar-refractivity contribution is -0.133. The molecule has 1 atom stereocenters. The Labute approximate surface area is 204 Å². The predicted molar refractivity (Wildman–Crippen MR) is 133 cm³/mol. The summed E-state index contributed by atoms with van der Waals surface area (Å²) < 4.78 is 0. The van der Waals surface area contributed by atoms with Crippen LogP contribution < -0.4 is 0 Å². The van der Waals surface area contributed by atoms with E-state index in [-0.39, 0.29) is 30.6 Å². The van der Waals surface area contributed by atoms with Crippen molar-refractivity contribution < 1.29 is 9.59 Å². The molecule has 1 heterocycles. The first-order chi connectivity index (χ1) is 16.0. The Hall–Kier alpha value is -2.66. The van der Waals surface area contributed by atoms with Gasteiger partial charge < -0.3 is 4.90 Å². The number of halogens is 2. The molecule has 1 aliphatic heterocycles. The zero-order valence-corrected chi connectivity index (χ0v) is 19.8. The van der Waals surface area contributed by atoms with Crippen LogP contribution in [-0.2, 0) is 4.79 Å². The van der Waals surface area contributed by atoms with Gasteiger partial charge in [0.25, 0.3) is 0 Å². The van der Waals surface area contributed by atoms with Crippen LogP contribution in [-0.4, -0.2) is 47.7 Å². The molecule has 3 aromatic carbocycles.